The van der Waals surface area contributed by atoms with Crippen LogP contribution in [0.25, 0.3) is 10.9 Å². The maximum atomic E-state index is 12.8. The summed E-state index contributed by atoms with van der Waals surface area (Å²) in [5.41, 5.74) is 9.38. The highest BCUT2D eigenvalue weighted by molar-refractivity contribution is 6.42. The number of carboxylic acid groups (broad SMARTS) is 1. The van der Waals surface area contributed by atoms with Crippen LogP contribution in [0, 0.1) is 11.3 Å². The maximum Gasteiger partial charge on any atom is 0.377 e. The third-order valence-electron chi connectivity index (χ3n) is 7.54. The number of ketones is 1. The van der Waals surface area contributed by atoms with E-state index in [-0.39, 0.29) is 36.2 Å². The van der Waals surface area contributed by atoms with Crippen molar-refractivity contribution in [2.24, 2.45) is 11.7 Å². The Morgan fingerprint density at radius 1 is 1.15 bits per heavy atom. The second kappa shape index (κ2) is 13.1. The molecule has 0 saturated carbocycles. The van der Waals surface area contributed by atoms with Crippen molar-refractivity contribution in [2.45, 2.75) is 44.6 Å². The number of fused-ring (bicyclic) bond motifs is 1. The third kappa shape index (κ3) is 7.30. The Morgan fingerprint density at radius 2 is 1.88 bits per heavy atom. The lowest BCUT2D eigenvalue weighted by atomic mass is 9.94. The van der Waals surface area contributed by atoms with Crippen molar-refractivity contribution in [3.8, 4) is 0 Å². The number of Topliss-reactive ketones (excluding diaryl/α,β-unsaturated/α-hetero) is 1. The summed E-state index contributed by atoms with van der Waals surface area (Å²) in [6.45, 7) is 1.26. The Bertz CT molecular complexity index is 1450. The molecule has 0 radical (unpaired) electrons. The van der Waals surface area contributed by atoms with Gasteiger partial charge in [-0.1, -0.05) is 42.5 Å². The lowest BCUT2D eigenvalue weighted by Gasteiger charge is -2.32. The number of carboxylic acids is 1. The fraction of sp³-hybridized carbons (Fsp3) is 0.367. The minimum Gasteiger partial charge on any atom is -0.475 e. The van der Waals surface area contributed by atoms with Crippen LogP contribution in [-0.4, -0.2) is 70.8 Å². The number of nitrogens with two attached hydrogens (primary N) is 1. The van der Waals surface area contributed by atoms with Crippen molar-refractivity contribution >= 4 is 40.5 Å². The second-order valence-corrected chi connectivity index (χ2v) is 10.4. The van der Waals surface area contributed by atoms with E-state index in [1.165, 1.54) is 13.3 Å². The number of hydrogen-bond acceptors (Lipinski definition) is 6. The zero-order chi connectivity index (χ0) is 29.5. The minimum absolute atomic E-state index is 0.00807. The predicted molar refractivity (Wildman–Crippen MR) is 153 cm³/mol. The number of ether oxygens (including phenoxy) is 1. The summed E-state index contributed by atoms with van der Waals surface area (Å²) in [4.78, 5) is 53.1. The van der Waals surface area contributed by atoms with Gasteiger partial charge in [0.2, 0.25) is 5.91 Å². The number of guanidine groups is 1. The van der Waals surface area contributed by atoms with E-state index in [2.05, 4.69) is 10.3 Å². The largest absolute Gasteiger partial charge is 0.475 e. The summed E-state index contributed by atoms with van der Waals surface area (Å²) in [6, 6.07) is 12.4. The van der Waals surface area contributed by atoms with Gasteiger partial charge in [0.05, 0.1) is 12.7 Å². The van der Waals surface area contributed by atoms with E-state index in [1.54, 1.807) is 11.0 Å². The Kier molecular flexibility index (Phi) is 9.38. The van der Waals surface area contributed by atoms with E-state index < -0.39 is 23.8 Å². The van der Waals surface area contributed by atoms with Gasteiger partial charge in [0.15, 0.2) is 5.96 Å². The molecule has 6 N–H and O–H groups in total. The number of aromatic amines is 1. The van der Waals surface area contributed by atoms with Crippen LogP contribution in [0.5, 0.6) is 0 Å². The number of rotatable bonds is 11. The molecule has 11 heteroatoms. The average molecular weight is 562 g/mol. The number of benzene rings is 2. The van der Waals surface area contributed by atoms with Crippen LogP contribution in [0.3, 0.4) is 0 Å². The van der Waals surface area contributed by atoms with Crippen LogP contribution < -0.4 is 11.1 Å². The topological polar surface area (TPSA) is 179 Å². The molecule has 0 aliphatic carbocycles. The molecule has 216 valence electrons. The Labute approximate surface area is 237 Å². The van der Waals surface area contributed by atoms with Crippen molar-refractivity contribution in [1.82, 2.24) is 15.2 Å². The molecule has 2 aromatic carbocycles. The number of aryl methyl sites for hydroxylation is 2. The molecule has 1 aliphatic rings. The molecular weight excluding hydrogens is 526 g/mol. The van der Waals surface area contributed by atoms with Gasteiger partial charge in [0.1, 0.15) is 6.04 Å². The summed E-state index contributed by atoms with van der Waals surface area (Å²) >= 11 is 0. The minimum atomic E-state index is -1.49. The smallest absolute Gasteiger partial charge is 0.377 e. The lowest BCUT2D eigenvalue weighted by molar-refractivity contribution is -0.145. The molecular formula is C30H35N5O6. The molecule has 41 heavy (non-hydrogen) atoms. The number of nitrogens with one attached hydrogen (secondary N) is 3. The van der Waals surface area contributed by atoms with Crippen LogP contribution in [0.15, 0.2) is 48.7 Å². The van der Waals surface area contributed by atoms with Crippen molar-refractivity contribution in [1.29, 1.82) is 5.41 Å². The van der Waals surface area contributed by atoms with E-state index in [0.717, 1.165) is 35.0 Å². The number of H-pyrrole nitrogens is 1. The van der Waals surface area contributed by atoms with E-state index in [1.807, 2.05) is 36.4 Å². The van der Waals surface area contributed by atoms with Crippen LogP contribution in [0.4, 0.5) is 0 Å². The number of aliphatic carboxylic acids is 1. The fourth-order valence-electron chi connectivity index (χ4n) is 5.39. The molecule has 2 unspecified atom stereocenters. The molecule has 1 aliphatic heterocycles. The van der Waals surface area contributed by atoms with Gasteiger partial charge in [-0.25, -0.2) is 9.59 Å². The second-order valence-electron chi connectivity index (χ2n) is 10.4. The van der Waals surface area contributed by atoms with Gasteiger partial charge in [0.25, 0.3) is 5.78 Å². The Morgan fingerprint density at radius 3 is 2.56 bits per heavy atom. The van der Waals surface area contributed by atoms with Gasteiger partial charge in [-0.3, -0.25) is 15.0 Å². The third-order valence-corrected chi connectivity index (χ3v) is 7.54. The van der Waals surface area contributed by atoms with Crippen molar-refractivity contribution in [3.05, 3.63) is 70.9 Å². The summed E-state index contributed by atoms with van der Waals surface area (Å²) in [7, 11) is 1.29. The standard InChI is InChI=1S/C30H35N5O6/c1-41-29(40)24(34-25(36)15-20-4-3-13-35(17-20)30(31)32)14-19-9-7-18(8-10-19)11-12-21-5-2-6-22-23(16-33-26(21)22)27(37)28(38)39/h2,5-10,16,20,24,33H,3-4,11-15,17H2,1H3,(H3,31,32)(H,34,36)(H,38,39). The number of carbonyl (C=O) groups excluding carboxylic acids is 3. The zero-order valence-corrected chi connectivity index (χ0v) is 22.9. The normalized spacial score (nSPS) is 15.7. The van der Waals surface area contributed by atoms with Gasteiger partial charge in [-0.05, 0) is 48.3 Å². The van der Waals surface area contributed by atoms with E-state index in [4.69, 9.17) is 21.0 Å². The number of hydrogen-bond donors (Lipinski definition) is 5. The molecule has 1 fully saturated rings. The monoisotopic (exact) mass is 561 g/mol. The van der Waals surface area contributed by atoms with Crippen molar-refractivity contribution < 1.29 is 29.0 Å². The number of esters is 1. The number of nitrogens with zero attached hydrogens (tertiary/aromatic N) is 1. The lowest BCUT2D eigenvalue weighted by Crippen LogP contribution is -2.46. The first kappa shape index (κ1) is 29.3. The molecule has 0 spiro atoms. The first-order valence-electron chi connectivity index (χ1n) is 13.6. The molecule has 11 nitrogen and oxygen atoms in total. The zero-order valence-electron chi connectivity index (χ0n) is 22.9. The van der Waals surface area contributed by atoms with E-state index in [9.17, 15) is 19.2 Å². The molecule has 1 saturated heterocycles. The van der Waals surface area contributed by atoms with Crippen LogP contribution in [0.2, 0.25) is 0 Å². The number of methoxy groups -OCH3 is 1. The molecule has 2 atom stereocenters. The molecule has 3 aromatic rings. The van der Waals surface area contributed by atoms with E-state index >= 15 is 0 Å². The highest BCUT2D eigenvalue weighted by atomic mass is 16.5. The summed E-state index contributed by atoms with van der Waals surface area (Å²) in [6.07, 6.45) is 5.06. The van der Waals surface area contributed by atoms with E-state index in [0.29, 0.717) is 31.3 Å². The highest BCUT2D eigenvalue weighted by Gasteiger charge is 2.27. The molecule has 1 aromatic heterocycles. The quantitative estimate of drug-likeness (QED) is 0.0778. The van der Waals surface area contributed by atoms with Gasteiger partial charge >= 0.3 is 11.9 Å². The van der Waals surface area contributed by atoms with Gasteiger partial charge in [0, 0.05) is 43.0 Å². The van der Waals surface area contributed by atoms with Crippen LogP contribution in [0.1, 0.15) is 46.3 Å². The summed E-state index contributed by atoms with van der Waals surface area (Å²) in [5, 5.41) is 20.1. The number of carbonyl (C=O) groups is 4. The average Bonchev–Trinajstić information content (AvgIpc) is 3.40. The first-order valence-corrected chi connectivity index (χ1v) is 13.6. The van der Waals surface area contributed by atoms with Gasteiger partial charge in [-0.15, -0.1) is 0 Å². The Hall–Kier alpha value is -4.67. The molecule has 4 rings (SSSR count). The van der Waals surface area contributed by atoms with Crippen molar-refractivity contribution in [3.63, 3.8) is 0 Å². The van der Waals surface area contributed by atoms with Crippen LogP contribution >= 0.6 is 0 Å². The number of aromatic nitrogens is 1. The van der Waals surface area contributed by atoms with Crippen LogP contribution in [-0.2, 0) is 38.4 Å². The number of piperidine rings is 1. The number of likely N-dealkylation sites (tertiary alicyclic amines) is 1. The van der Waals surface area contributed by atoms with Gasteiger partial charge in [-0.2, -0.15) is 0 Å². The summed E-state index contributed by atoms with van der Waals surface area (Å²) < 4.78 is 4.94. The number of para-hydroxylation sites is 1. The summed E-state index contributed by atoms with van der Waals surface area (Å²) in [5.74, 6) is -3.12. The van der Waals surface area contributed by atoms with Crippen molar-refractivity contribution in [2.75, 3.05) is 20.2 Å². The number of amides is 1. The highest BCUT2D eigenvalue weighted by Crippen LogP contribution is 2.24. The SMILES string of the molecule is COC(=O)C(Cc1ccc(CCc2cccc3c(C(=O)C(=O)O)c[nH]c23)cc1)NC(=O)CC1CCCN(C(=N)N)C1. The van der Waals surface area contributed by atoms with Gasteiger partial charge < -0.3 is 30.8 Å². The molecule has 2 heterocycles. The maximum absolute atomic E-state index is 12.8. The first-order chi connectivity index (χ1) is 19.7. The molecule has 1 amide bonds. The predicted octanol–water partition coefficient (Wildman–Crippen LogP) is 2.42. The fourth-order valence-corrected chi connectivity index (χ4v) is 5.39. The molecule has 0 bridgehead atoms. The Balaban J connectivity index is 1.35.